The fraction of sp³-hybridized carbons (Fsp3) is 0.0909. The highest BCUT2D eigenvalue weighted by atomic mass is 15.1. The predicted octanol–water partition coefficient (Wildman–Crippen LogP) is 4.16. The Kier molecular flexibility index (Phi) is 5.49. The zero-order chi connectivity index (χ0) is 19.0. The summed E-state index contributed by atoms with van der Waals surface area (Å²) in [4.78, 5) is 17.5. The summed E-state index contributed by atoms with van der Waals surface area (Å²) in [5, 5.41) is 6.76. The molecule has 138 valence electrons. The zero-order valence-electron chi connectivity index (χ0n) is 15.3. The van der Waals surface area contributed by atoms with Gasteiger partial charge in [0, 0.05) is 49.5 Å². The van der Waals surface area contributed by atoms with Gasteiger partial charge in [-0.15, -0.1) is 0 Å². The van der Waals surface area contributed by atoms with E-state index in [9.17, 15) is 0 Å². The van der Waals surface area contributed by atoms with E-state index in [1.807, 2.05) is 60.7 Å². The molecule has 0 saturated carbocycles. The van der Waals surface area contributed by atoms with Gasteiger partial charge in [0.05, 0.1) is 0 Å². The highest BCUT2D eigenvalue weighted by Crippen LogP contribution is 2.21. The van der Waals surface area contributed by atoms with Gasteiger partial charge in [-0.2, -0.15) is 0 Å². The van der Waals surface area contributed by atoms with E-state index in [4.69, 9.17) is 0 Å². The second kappa shape index (κ2) is 8.73. The molecule has 1 aromatic carbocycles. The first kappa shape index (κ1) is 17.6. The monoisotopic (exact) mass is 368 g/mol. The van der Waals surface area contributed by atoms with Crippen LogP contribution in [-0.4, -0.2) is 19.9 Å². The Morgan fingerprint density at radius 1 is 0.607 bits per heavy atom. The maximum absolute atomic E-state index is 4.69. The minimum atomic E-state index is 0.664. The van der Waals surface area contributed by atoms with Crippen LogP contribution in [0.1, 0.15) is 11.1 Å². The molecule has 0 radical (unpaired) electrons. The lowest BCUT2D eigenvalue weighted by molar-refractivity contribution is 1.05. The molecule has 2 N–H and O–H groups in total. The van der Waals surface area contributed by atoms with Gasteiger partial charge in [0.1, 0.15) is 11.6 Å². The fourth-order valence-electron chi connectivity index (χ4n) is 2.73. The summed E-state index contributed by atoms with van der Waals surface area (Å²) in [5.74, 6) is 2.21. The van der Waals surface area contributed by atoms with Crippen molar-refractivity contribution in [2.45, 2.75) is 13.1 Å². The number of aromatic nitrogens is 4. The Balaban J connectivity index is 1.57. The summed E-state index contributed by atoms with van der Waals surface area (Å²) in [6.07, 6.45) is 7.14. The molecule has 6 heteroatoms. The molecule has 4 rings (SSSR count). The number of nitrogens with one attached hydrogen (secondary N) is 2. The lowest BCUT2D eigenvalue weighted by atomic mass is 10.2. The van der Waals surface area contributed by atoms with E-state index in [0.29, 0.717) is 18.9 Å². The molecule has 3 heterocycles. The quantitative estimate of drug-likeness (QED) is 0.510. The van der Waals surface area contributed by atoms with E-state index in [1.54, 1.807) is 24.8 Å². The fourth-order valence-corrected chi connectivity index (χ4v) is 2.73. The van der Waals surface area contributed by atoms with Crippen molar-refractivity contribution in [3.8, 4) is 11.4 Å². The second-order valence-corrected chi connectivity index (χ2v) is 6.25. The number of anilines is 2. The van der Waals surface area contributed by atoms with Crippen molar-refractivity contribution in [2.75, 3.05) is 10.6 Å². The van der Waals surface area contributed by atoms with Crippen LogP contribution in [0, 0.1) is 0 Å². The first-order valence-electron chi connectivity index (χ1n) is 9.07. The molecule has 0 atom stereocenters. The molecular weight excluding hydrogens is 348 g/mol. The molecule has 0 aliphatic rings. The van der Waals surface area contributed by atoms with Crippen LogP contribution < -0.4 is 10.6 Å². The Bertz CT molecular complexity index is 945. The molecule has 0 amide bonds. The maximum Gasteiger partial charge on any atom is 0.163 e. The Morgan fingerprint density at radius 3 is 1.61 bits per heavy atom. The molecule has 0 bridgehead atoms. The molecular formula is C22H20N6. The summed E-state index contributed by atoms with van der Waals surface area (Å²) in [5.41, 5.74) is 3.25. The van der Waals surface area contributed by atoms with E-state index in [1.165, 1.54) is 0 Å². The second-order valence-electron chi connectivity index (χ2n) is 6.25. The summed E-state index contributed by atoms with van der Waals surface area (Å²) in [7, 11) is 0. The van der Waals surface area contributed by atoms with Gasteiger partial charge in [-0.25, -0.2) is 9.97 Å². The van der Waals surface area contributed by atoms with Crippen molar-refractivity contribution in [3.63, 3.8) is 0 Å². The maximum atomic E-state index is 4.69. The van der Waals surface area contributed by atoms with Gasteiger partial charge < -0.3 is 10.6 Å². The van der Waals surface area contributed by atoms with Crippen LogP contribution >= 0.6 is 0 Å². The Hall–Kier alpha value is -3.80. The Labute approximate surface area is 163 Å². The average molecular weight is 368 g/mol. The van der Waals surface area contributed by atoms with E-state index < -0.39 is 0 Å². The number of pyridine rings is 2. The Morgan fingerprint density at radius 2 is 1.11 bits per heavy atom. The third-order valence-electron chi connectivity index (χ3n) is 4.20. The third-order valence-corrected chi connectivity index (χ3v) is 4.20. The third kappa shape index (κ3) is 4.67. The molecule has 6 nitrogen and oxygen atoms in total. The van der Waals surface area contributed by atoms with Crippen molar-refractivity contribution in [1.29, 1.82) is 0 Å². The summed E-state index contributed by atoms with van der Waals surface area (Å²) in [6, 6.07) is 19.8. The zero-order valence-corrected chi connectivity index (χ0v) is 15.3. The van der Waals surface area contributed by atoms with E-state index in [0.717, 1.165) is 28.3 Å². The van der Waals surface area contributed by atoms with Crippen molar-refractivity contribution in [3.05, 3.63) is 96.6 Å². The first-order valence-corrected chi connectivity index (χ1v) is 9.07. The van der Waals surface area contributed by atoms with Crippen molar-refractivity contribution >= 4 is 11.6 Å². The minimum absolute atomic E-state index is 0.664. The van der Waals surface area contributed by atoms with E-state index in [2.05, 4.69) is 30.6 Å². The largest absolute Gasteiger partial charge is 0.366 e. The summed E-state index contributed by atoms with van der Waals surface area (Å²) < 4.78 is 0. The van der Waals surface area contributed by atoms with Crippen LogP contribution in [-0.2, 0) is 13.1 Å². The van der Waals surface area contributed by atoms with E-state index in [-0.39, 0.29) is 0 Å². The van der Waals surface area contributed by atoms with Crippen LogP contribution in [0.3, 0.4) is 0 Å². The smallest absolute Gasteiger partial charge is 0.163 e. The van der Waals surface area contributed by atoms with Crippen molar-refractivity contribution < 1.29 is 0 Å². The minimum Gasteiger partial charge on any atom is -0.366 e. The normalized spacial score (nSPS) is 10.4. The van der Waals surface area contributed by atoms with Crippen molar-refractivity contribution in [2.24, 2.45) is 0 Å². The molecule has 28 heavy (non-hydrogen) atoms. The lowest BCUT2D eigenvalue weighted by Gasteiger charge is -2.12. The van der Waals surface area contributed by atoms with Gasteiger partial charge in [-0.1, -0.05) is 30.3 Å². The van der Waals surface area contributed by atoms with Gasteiger partial charge in [0.2, 0.25) is 0 Å². The summed E-state index contributed by atoms with van der Waals surface area (Å²) >= 11 is 0. The lowest BCUT2D eigenvalue weighted by Crippen LogP contribution is -2.07. The standard InChI is InChI=1S/C22H20N6/c1-2-4-19(5-3-1)22-27-20(25-15-17-6-10-23-11-7-17)14-21(28-22)26-16-18-8-12-24-13-9-18/h1-14H,15-16H2,(H2,25,26,27,28). The molecule has 0 spiro atoms. The van der Waals surface area contributed by atoms with Crippen LogP contribution in [0.2, 0.25) is 0 Å². The molecule has 3 aromatic heterocycles. The molecule has 0 aliphatic carbocycles. The number of benzene rings is 1. The van der Waals surface area contributed by atoms with Crippen molar-refractivity contribution in [1.82, 2.24) is 19.9 Å². The molecule has 0 saturated heterocycles. The first-order chi connectivity index (χ1) is 13.9. The van der Waals surface area contributed by atoms with E-state index >= 15 is 0 Å². The highest BCUT2D eigenvalue weighted by Gasteiger charge is 2.07. The van der Waals surface area contributed by atoms with Gasteiger partial charge in [0.25, 0.3) is 0 Å². The molecule has 4 aromatic rings. The van der Waals surface area contributed by atoms with Crippen LogP contribution in [0.15, 0.2) is 85.5 Å². The number of nitrogens with zero attached hydrogens (tertiary/aromatic N) is 4. The number of rotatable bonds is 7. The predicted molar refractivity (Wildman–Crippen MR) is 111 cm³/mol. The van der Waals surface area contributed by atoms with Gasteiger partial charge >= 0.3 is 0 Å². The SMILES string of the molecule is c1ccc(-c2nc(NCc3ccncc3)cc(NCc3ccncc3)n2)cc1. The average Bonchev–Trinajstić information content (AvgIpc) is 2.78. The number of hydrogen-bond acceptors (Lipinski definition) is 6. The van der Waals surface area contributed by atoms with Crippen LogP contribution in [0.25, 0.3) is 11.4 Å². The van der Waals surface area contributed by atoms with Gasteiger partial charge in [0.15, 0.2) is 5.82 Å². The molecule has 0 unspecified atom stereocenters. The van der Waals surface area contributed by atoms with Crippen LogP contribution in [0.4, 0.5) is 11.6 Å². The van der Waals surface area contributed by atoms with Gasteiger partial charge in [-0.05, 0) is 35.4 Å². The topological polar surface area (TPSA) is 75.6 Å². The van der Waals surface area contributed by atoms with Crippen LogP contribution in [0.5, 0.6) is 0 Å². The molecule has 0 fully saturated rings. The van der Waals surface area contributed by atoms with Gasteiger partial charge in [-0.3, -0.25) is 9.97 Å². The highest BCUT2D eigenvalue weighted by molar-refractivity contribution is 5.61. The summed E-state index contributed by atoms with van der Waals surface area (Å²) in [6.45, 7) is 1.33. The molecule has 0 aliphatic heterocycles. The number of hydrogen-bond donors (Lipinski definition) is 2.